The van der Waals surface area contributed by atoms with Gasteiger partial charge in [-0.15, -0.1) is 11.3 Å². The molecule has 7 heteroatoms. The molecule has 130 valence electrons. The Bertz CT molecular complexity index is 618. The summed E-state index contributed by atoms with van der Waals surface area (Å²) in [5, 5.41) is 2.82. The summed E-state index contributed by atoms with van der Waals surface area (Å²) >= 11 is 1.52. The van der Waals surface area contributed by atoms with E-state index in [0.717, 1.165) is 16.5 Å². The van der Waals surface area contributed by atoms with Gasteiger partial charge >= 0.3 is 0 Å². The molecule has 1 amide bonds. The number of benzene rings is 1. The van der Waals surface area contributed by atoms with Crippen LogP contribution in [0.5, 0.6) is 5.75 Å². The van der Waals surface area contributed by atoms with Crippen molar-refractivity contribution in [3.63, 3.8) is 0 Å². The van der Waals surface area contributed by atoms with Crippen LogP contribution in [0.3, 0.4) is 0 Å². The number of para-hydroxylation sites is 1. The summed E-state index contributed by atoms with van der Waals surface area (Å²) < 4.78 is 15.7. The normalized spacial score (nSPS) is 10.6. The highest BCUT2D eigenvalue weighted by Crippen LogP contribution is 2.16. The topological polar surface area (TPSA) is 60.9 Å². The smallest absolute Gasteiger partial charge is 0.248 e. The average Bonchev–Trinajstić information content (AvgIpc) is 3.05. The van der Waals surface area contributed by atoms with E-state index in [0.29, 0.717) is 26.3 Å². The summed E-state index contributed by atoms with van der Waals surface area (Å²) in [6.45, 7) is 1.89. The molecule has 1 aromatic heterocycles. The molecule has 1 aromatic carbocycles. The van der Waals surface area contributed by atoms with Gasteiger partial charge in [0.05, 0.1) is 18.8 Å². The number of rotatable bonds is 10. The Morgan fingerprint density at radius 2 is 2.00 bits per heavy atom. The fourth-order valence-electron chi connectivity index (χ4n) is 2.05. The number of nitrogens with zero attached hydrogens (tertiary/aromatic N) is 2. The Morgan fingerprint density at radius 3 is 2.71 bits per heavy atom. The second kappa shape index (κ2) is 10.0. The molecule has 0 saturated carbocycles. The average molecular weight is 350 g/mol. The SMILES string of the molecule is COCCN(Cc1csc(COc2ccccc2)n1)C(=O)COC. The predicted molar refractivity (Wildman–Crippen MR) is 92.1 cm³/mol. The lowest BCUT2D eigenvalue weighted by Crippen LogP contribution is -2.36. The molecule has 0 atom stereocenters. The molecule has 0 aliphatic rings. The third-order valence-corrected chi connectivity index (χ3v) is 4.11. The van der Waals surface area contributed by atoms with E-state index in [-0.39, 0.29) is 12.5 Å². The number of methoxy groups -OCH3 is 2. The van der Waals surface area contributed by atoms with E-state index >= 15 is 0 Å². The lowest BCUT2D eigenvalue weighted by atomic mass is 10.3. The molecule has 2 rings (SSSR count). The number of amides is 1. The van der Waals surface area contributed by atoms with Crippen molar-refractivity contribution in [2.75, 3.05) is 34.0 Å². The zero-order valence-electron chi connectivity index (χ0n) is 13.9. The number of hydrogen-bond acceptors (Lipinski definition) is 6. The van der Waals surface area contributed by atoms with Crippen molar-refractivity contribution < 1.29 is 19.0 Å². The summed E-state index contributed by atoms with van der Waals surface area (Å²) in [6.07, 6.45) is 0. The number of hydrogen-bond donors (Lipinski definition) is 0. The van der Waals surface area contributed by atoms with Gasteiger partial charge in [-0.1, -0.05) is 18.2 Å². The second-order valence-corrected chi connectivity index (χ2v) is 6.02. The molecule has 0 fully saturated rings. The van der Waals surface area contributed by atoms with Crippen LogP contribution in [0.15, 0.2) is 35.7 Å². The molecule has 6 nitrogen and oxygen atoms in total. The number of aromatic nitrogens is 1. The van der Waals surface area contributed by atoms with Crippen molar-refractivity contribution in [2.45, 2.75) is 13.2 Å². The minimum absolute atomic E-state index is 0.0534. The van der Waals surface area contributed by atoms with Crippen molar-refractivity contribution in [2.24, 2.45) is 0 Å². The molecular weight excluding hydrogens is 328 g/mol. The van der Waals surface area contributed by atoms with Crippen molar-refractivity contribution in [3.8, 4) is 5.75 Å². The monoisotopic (exact) mass is 350 g/mol. The maximum Gasteiger partial charge on any atom is 0.248 e. The lowest BCUT2D eigenvalue weighted by molar-refractivity contribution is -0.136. The minimum atomic E-state index is -0.0790. The van der Waals surface area contributed by atoms with Gasteiger partial charge in [0.2, 0.25) is 5.91 Å². The van der Waals surface area contributed by atoms with E-state index in [1.165, 1.54) is 18.4 Å². The van der Waals surface area contributed by atoms with Gasteiger partial charge in [-0.25, -0.2) is 4.98 Å². The summed E-state index contributed by atoms with van der Waals surface area (Å²) in [5.74, 6) is 0.732. The first-order chi connectivity index (χ1) is 11.7. The predicted octanol–water partition coefficient (Wildman–Crippen LogP) is 2.34. The molecule has 24 heavy (non-hydrogen) atoms. The van der Waals surface area contributed by atoms with Crippen molar-refractivity contribution in [1.29, 1.82) is 0 Å². The van der Waals surface area contributed by atoms with Crippen LogP contribution in [-0.4, -0.2) is 49.8 Å². The molecule has 1 heterocycles. The quantitative estimate of drug-likeness (QED) is 0.658. The second-order valence-electron chi connectivity index (χ2n) is 5.08. The maximum absolute atomic E-state index is 12.1. The number of carbonyl (C=O) groups excluding carboxylic acids is 1. The highest BCUT2D eigenvalue weighted by Gasteiger charge is 2.15. The zero-order chi connectivity index (χ0) is 17.2. The Hall–Kier alpha value is -1.96. The molecule has 0 aliphatic carbocycles. The summed E-state index contributed by atoms with van der Waals surface area (Å²) in [7, 11) is 3.12. The zero-order valence-corrected chi connectivity index (χ0v) is 14.8. The van der Waals surface area contributed by atoms with Gasteiger partial charge in [0, 0.05) is 26.1 Å². The number of ether oxygens (including phenoxy) is 3. The van der Waals surface area contributed by atoms with Gasteiger partial charge in [0.1, 0.15) is 24.0 Å². The van der Waals surface area contributed by atoms with Crippen molar-refractivity contribution >= 4 is 17.2 Å². The molecule has 2 aromatic rings. The maximum atomic E-state index is 12.1. The Labute approximate surface area is 146 Å². The Morgan fingerprint density at radius 1 is 1.21 bits per heavy atom. The molecule has 0 spiro atoms. The summed E-state index contributed by atoms with van der Waals surface area (Å²) in [6, 6.07) is 9.62. The van der Waals surface area contributed by atoms with Crippen molar-refractivity contribution in [3.05, 3.63) is 46.4 Å². The summed E-state index contributed by atoms with van der Waals surface area (Å²) in [5.41, 5.74) is 0.840. The van der Waals surface area contributed by atoms with Gasteiger partial charge < -0.3 is 19.1 Å². The van der Waals surface area contributed by atoms with Crippen LogP contribution in [-0.2, 0) is 27.4 Å². The van der Waals surface area contributed by atoms with Crippen LogP contribution in [0, 0.1) is 0 Å². The highest BCUT2D eigenvalue weighted by molar-refractivity contribution is 7.09. The minimum Gasteiger partial charge on any atom is -0.486 e. The molecule has 0 N–H and O–H groups in total. The Kier molecular flexibility index (Phi) is 7.67. The highest BCUT2D eigenvalue weighted by atomic mass is 32.1. The number of thiazole rings is 1. The summed E-state index contributed by atoms with van der Waals surface area (Å²) in [4.78, 5) is 18.3. The first-order valence-electron chi connectivity index (χ1n) is 7.59. The van der Waals surface area contributed by atoms with Crippen LogP contribution >= 0.6 is 11.3 Å². The fourth-order valence-corrected chi connectivity index (χ4v) is 2.75. The fraction of sp³-hybridized carbons (Fsp3) is 0.412. The van der Waals surface area contributed by atoms with Crippen LogP contribution in [0.25, 0.3) is 0 Å². The third-order valence-electron chi connectivity index (χ3n) is 3.24. The standard InChI is InChI=1S/C17H22N2O4S/c1-21-9-8-19(17(20)12-22-2)10-14-13-24-16(18-14)11-23-15-6-4-3-5-7-15/h3-7,13H,8-12H2,1-2H3. The Balaban J connectivity index is 1.91. The van der Waals surface area contributed by atoms with Gasteiger partial charge in [-0.2, -0.15) is 0 Å². The molecule has 0 unspecified atom stereocenters. The van der Waals surface area contributed by atoms with Gasteiger partial charge in [0.25, 0.3) is 0 Å². The first kappa shape index (κ1) is 18.4. The van der Waals surface area contributed by atoms with E-state index in [9.17, 15) is 4.79 Å². The molecule has 0 aliphatic heterocycles. The van der Waals surface area contributed by atoms with E-state index < -0.39 is 0 Å². The third kappa shape index (κ3) is 5.92. The molecular formula is C17H22N2O4S. The van der Waals surface area contributed by atoms with E-state index in [2.05, 4.69) is 4.98 Å². The van der Waals surface area contributed by atoms with Crippen molar-refractivity contribution in [1.82, 2.24) is 9.88 Å². The molecule has 0 saturated heterocycles. The van der Waals surface area contributed by atoms with Crippen LogP contribution in [0.4, 0.5) is 0 Å². The van der Waals surface area contributed by atoms with Crippen LogP contribution in [0.1, 0.15) is 10.7 Å². The lowest BCUT2D eigenvalue weighted by Gasteiger charge is -2.21. The molecule has 0 bridgehead atoms. The largest absolute Gasteiger partial charge is 0.486 e. The number of carbonyl (C=O) groups is 1. The first-order valence-corrected chi connectivity index (χ1v) is 8.47. The van der Waals surface area contributed by atoms with Crippen LogP contribution in [0.2, 0.25) is 0 Å². The van der Waals surface area contributed by atoms with Gasteiger partial charge in [-0.05, 0) is 12.1 Å². The van der Waals surface area contributed by atoms with E-state index in [4.69, 9.17) is 14.2 Å². The van der Waals surface area contributed by atoms with Gasteiger partial charge in [0.15, 0.2) is 0 Å². The van der Waals surface area contributed by atoms with Crippen LogP contribution < -0.4 is 4.74 Å². The van der Waals surface area contributed by atoms with Gasteiger partial charge in [-0.3, -0.25) is 4.79 Å². The molecule has 0 radical (unpaired) electrons. The van der Waals surface area contributed by atoms with E-state index in [1.54, 1.807) is 12.0 Å². The van der Waals surface area contributed by atoms with E-state index in [1.807, 2.05) is 35.7 Å².